The predicted molar refractivity (Wildman–Crippen MR) is 99.6 cm³/mol. The van der Waals surface area contributed by atoms with E-state index in [0.717, 1.165) is 36.9 Å². The number of hydrogen-bond acceptors (Lipinski definition) is 2. The lowest BCUT2D eigenvalue weighted by Gasteiger charge is -2.52. The van der Waals surface area contributed by atoms with Crippen LogP contribution in [0.15, 0.2) is 24.3 Å². The smallest absolute Gasteiger partial charge is 0.246 e. The summed E-state index contributed by atoms with van der Waals surface area (Å²) in [7, 11) is 0. The zero-order valence-electron chi connectivity index (χ0n) is 15.4. The van der Waals surface area contributed by atoms with E-state index in [1.807, 2.05) is 21.9 Å². The average molecular weight is 351 g/mol. The van der Waals surface area contributed by atoms with Crippen molar-refractivity contribution in [2.24, 2.45) is 0 Å². The summed E-state index contributed by atoms with van der Waals surface area (Å²) in [6, 6.07) is 8.11. The Hall–Kier alpha value is -2.30. The average Bonchev–Trinajstić information content (AvgIpc) is 3.26. The van der Waals surface area contributed by atoms with Crippen molar-refractivity contribution in [2.45, 2.75) is 63.6 Å². The number of benzene rings is 1. The zero-order chi connectivity index (χ0) is 18.1. The highest BCUT2D eigenvalue weighted by molar-refractivity contribution is 5.97. The van der Waals surface area contributed by atoms with Gasteiger partial charge in [-0.05, 0) is 38.3 Å². The van der Waals surface area contributed by atoms with Crippen LogP contribution in [0.4, 0.5) is 0 Å². The molecule has 1 saturated heterocycles. The van der Waals surface area contributed by atoms with Crippen molar-refractivity contribution < 1.29 is 9.59 Å². The van der Waals surface area contributed by atoms with Crippen molar-refractivity contribution in [1.29, 1.82) is 0 Å². The molecule has 1 aromatic heterocycles. The van der Waals surface area contributed by atoms with E-state index in [0.29, 0.717) is 6.42 Å². The number of para-hydroxylation sites is 1. The van der Waals surface area contributed by atoms with Gasteiger partial charge in [0.25, 0.3) is 0 Å². The van der Waals surface area contributed by atoms with Crippen LogP contribution in [0.1, 0.15) is 50.8 Å². The lowest BCUT2D eigenvalue weighted by Crippen LogP contribution is -2.68. The molecule has 136 valence electrons. The molecule has 2 fully saturated rings. The van der Waals surface area contributed by atoms with Crippen molar-refractivity contribution in [1.82, 2.24) is 14.8 Å². The molecule has 0 spiro atoms. The molecule has 0 bridgehead atoms. The third kappa shape index (κ3) is 2.03. The van der Waals surface area contributed by atoms with E-state index < -0.39 is 5.54 Å². The van der Waals surface area contributed by atoms with E-state index in [2.05, 4.69) is 31.0 Å². The summed E-state index contributed by atoms with van der Waals surface area (Å²) in [4.78, 5) is 33.7. The molecule has 5 nitrogen and oxygen atoms in total. The van der Waals surface area contributed by atoms with Gasteiger partial charge >= 0.3 is 0 Å². The van der Waals surface area contributed by atoms with Gasteiger partial charge in [0.05, 0.1) is 5.54 Å². The van der Waals surface area contributed by atoms with Gasteiger partial charge in [-0.15, -0.1) is 0 Å². The SMILES string of the molecule is CC1(C)c2[nH]c3ccccc3c2CC2C(=O)N(C3CCCC3)CC(=O)N21. The number of amides is 2. The number of nitrogens with zero attached hydrogens (tertiary/aromatic N) is 2. The van der Waals surface area contributed by atoms with Crippen LogP contribution in [0.2, 0.25) is 0 Å². The highest BCUT2D eigenvalue weighted by Gasteiger charge is 2.52. The molecule has 1 atom stereocenters. The molecule has 1 saturated carbocycles. The Morgan fingerprint density at radius 3 is 2.62 bits per heavy atom. The fourth-order valence-corrected chi connectivity index (χ4v) is 5.43. The van der Waals surface area contributed by atoms with Crippen LogP contribution >= 0.6 is 0 Å². The number of fused-ring (bicyclic) bond motifs is 4. The van der Waals surface area contributed by atoms with Gasteiger partial charge in [0.1, 0.15) is 12.6 Å². The summed E-state index contributed by atoms with van der Waals surface area (Å²) in [5, 5.41) is 1.17. The number of nitrogens with one attached hydrogen (secondary N) is 1. The van der Waals surface area contributed by atoms with Crippen LogP contribution in [0.3, 0.4) is 0 Å². The standard InChI is InChI=1S/C21H25N3O2/c1-21(2)19-15(14-9-5-6-10-16(14)22-19)11-17-20(26)23(12-18(25)24(17)21)13-7-3-4-8-13/h5-6,9-10,13,17,22H,3-4,7-8,11-12H2,1-2H3. The minimum atomic E-state index is -0.508. The molecule has 0 radical (unpaired) electrons. The van der Waals surface area contributed by atoms with Gasteiger partial charge < -0.3 is 14.8 Å². The Labute approximate surface area is 153 Å². The Balaban J connectivity index is 1.61. The normalized spacial score (nSPS) is 25.7. The topological polar surface area (TPSA) is 56.4 Å². The maximum atomic E-state index is 13.4. The fourth-order valence-electron chi connectivity index (χ4n) is 5.43. The number of carbonyl (C=O) groups excluding carboxylic acids is 2. The summed E-state index contributed by atoms with van der Waals surface area (Å²) < 4.78 is 0. The lowest BCUT2D eigenvalue weighted by atomic mass is 9.82. The van der Waals surface area contributed by atoms with Gasteiger partial charge in [-0.25, -0.2) is 0 Å². The van der Waals surface area contributed by atoms with E-state index in [-0.39, 0.29) is 30.4 Å². The summed E-state index contributed by atoms with van der Waals surface area (Å²) in [6.07, 6.45) is 5.00. The van der Waals surface area contributed by atoms with Crippen LogP contribution in [0.25, 0.3) is 10.9 Å². The van der Waals surface area contributed by atoms with E-state index >= 15 is 0 Å². The molecular formula is C21H25N3O2. The second-order valence-corrected chi connectivity index (χ2v) is 8.47. The first-order valence-corrected chi connectivity index (χ1v) is 9.71. The summed E-state index contributed by atoms with van der Waals surface area (Å²) in [5.41, 5.74) is 2.84. The highest BCUT2D eigenvalue weighted by atomic mass is 16.2. The predicted octanol–water partition coefficient (Wildman–Crippen LogP) is 2.94. The Kier molecular flexibility index (Phi) is 3.27. The first-order chi connectivity index (χ1) is 12.5. The van der Waals surface area contributed by atoms with Crippen LogP contribution in [0, 0.1) is 0 Å². The highest BCUT2D eigenvalue weighted by Crippen LogP contribution is 2.43. The zero-order valence-corrected chi connectivity index (χ0v) is 15.4. The molecule has 2 amide bonds. The van der Waals surface area contributed by atoms with Gasteiger partial charge in [-0.3, -0.25) is 9.59 Å². The Morgan fingerprint density at radius 2 is 1.85 bits per heavy atom. The number of piperazine rings is 1. The molecule has 2 aromatic rings. The first kappa shape index (κ1) is 15.9. The minimum Gasteiger partial charge on any atom is -0.356 e. The van der Waals surface area contributed by atoms with E-state index in [1.165, 1.54) is 10.9 Å². The van der Waals surface area contributed by atoms with E-state index in [9.17, 15) is 9.59 Å². The van der Waals surface area contributed by atoms with Gasteiger partial charge in [-0.2, -0.15) is 0 Å². The molecular weight excluding hydrogens is 326 g/mol. The van der Waals surface area contributed by atoms with Gasteiger partial charge in [0.15, 0.2) is 0 Å². The number of aromatic nitrogens is 1. The fraction of sp³-hybridized carbons (Fsp3) is 0.524. The van der Waals surface area contributed by atoms with Gasteiger partial charge in [-0.1, -0.05) is 31.0 Å². The van der Waals surface area contributed by atoms with Crippen LogP contribution < -0.4 is 0 Å². The van der Waals surface area contributed by atoms with E-state index in [1.54, 1.807) is 0 Å². The molecule has 1 aromatic carbocycles. The maximum absolute atomic E-state index is 13.4. The number of H-pyrrole nitrogens is 1. The second kappa shape index (κ2) is 5.35. The summed E-state index contributed by atoms with van der Waals surface area (Å²) in [6.45, 7) is 4.35. The van der Waals surface area contributed by atoms with Crippen molar-refractivity contribution in [3.8, 4) is 0 Å². The van der Waals surface area contributed by atoms with Crippen molar-refractivity contribution >= 4 is 22.7 Å². The molecule has 1 aliphatic carbocycles. The number of carbonyl (C=O) groups is 2. The minimum absolute atomic E-state index is 0.0795. The van der Waals surface area contributed by atoms with Gasteiger partial charge in [0.2, 0.25) is 11.8 Å². The summed E-state index contributed by atoms with van der Waals surface area (Å²) in [5.74, 6) is 0.219. The second-order valence-electron chi connectivity index (χ2n) is 8.47. The Morgan fingerprint density at radius 1 is 1.12 bits per heavy atom. The van der Waals surface area contributed by atoms with Crippen molar-refractivity contribution in [3.63, 3.8) is 0 Å². The first-order valence-electron chi connectivity index (χ1n) is 9.71. The monoisotopic (exact) mass is 351 g/mol. The van der Waals surface area contributed by atoms with Crippen molar-refractivity contribution in [3.05, 3.63) is 35.5 Å². The van der Waals surface area contributed by atoms with Crippen LogP contribution in [-0.4, -0.2) is 45.2 Å². The quantitative estimate of drug-likeness (QED) is 0.859. The molecule has 5 rings (SSSR count). The third-order valence-corrected chi connectivity index (χ3v) is 6.64. The van der Waals surface area contributed by atoms with E-state index in [4.69, 9.17) is 0 Å². The molecule has 1 N–H and O–H groups in total. The Bertz CT molecular complexity index is 907. The summed E-state index contributed by atoms with van der Waals surface area (Å²) >= 11 is 0. The molecule has 2 aliphatic heterocycles. The molecule has 1 unspecified atom stereocenters. The van der Waals surface area contributed by atoms with Gasteiger partial charge in [0, 0.05) is 29.1 Å². The molecule has 26 heavy (non-hydrogen) atoms. The lowest BCUT2D eigenvalue weighted by molar-refractivity contribution is -0.166. The molecule has 3 heterocycles. The number of rotatable bonds is 1. The molecule has 5 heteroatoms. The van der Waals surface area contributed by atoms with Crippen LogP contribution in [0.5, 0.6) is 0 Å². The number of hydrogen-bond donors (Lipinski definition) is 1. The molecule has 3 aliphatic rings. The largest absolute Gasteiger partial charge is 0.356 e. The van der Waals surface area contributed by atoms with Crippen LogP contribution in [-0.2, 0) is 21.5 Å². The number of aromatic amines is 1. The third-order valence-electron chi connectivity index (χ3n) is 6.64. The maximum Gasteiger partial charge on any atom is 0.246 e. The van der Waals surface area contributed by atoms with Crippen molar-refractivity contribution in [2.75, 3.05) is 6.54 Å².